The molecule has 0 radical (unpaired) electrons. The van der Waals surface area contributed by atoms with Crippen LogP contribution in [0.5, 0.6) is 0 Å². The number of nitrogens with zero attached hydrogens (tertiary/aromatic N) is 3. The van der Waals surface area contributed by atoms with Crippen molar-refractivity contribution in [2.24, 2.45) is 5.92 Å². The topological polar surface area (TPSA) is 73.5 Å². The molecule has 3 heterocycles. The number of fused-ring (bicyclic) bond motifs is 3. The molecule has 0 bridgehead atoms. The fourth-order valence-electron chi connectivity index (χ4n) is 5.04. The van der Waals surface area contributed by atoms with E-state index >= 15 is 0 Å². The van der Waals surface area contributed by atoms with Crippen molar-refractivity contribution in [3.63, 3.8) is 0 Å². The average Bonchev–Trinajstić information content (AvgIpc) is 3.36. The number of nitrogens with one attached hydrogen (secondary N) is 2. The highest BCUT2D eigenvalue weighted by Gasteiger charge is 2.30. The number of benzene rings is 1. The summed E-state index contributed by atoms with van der Waals surface area (Å²) in [5.41, 5.74) is 3.74. The Balaban J connectivity index is 0.00000259. The molecule has 5 rings (SSSR count). The van der Waals surface area contributed by atoms with Crippen LogP contribution in [0.3, 0.4) is 0 Å². The SMILES string of the molecule is CC(C)N1CCCC(C(=O)NC(=N)c2c(-c3ccccc3)nc3sc4c(n23)CCCC4)C1.Cl. The van der Waals surface area contributed by atoms with Gasteiger partial charge in [-0.3, -0.25) is 14.6 Å². The molecule has 1 amide bonds. The van der Waals surface area contributed by atoms with Crippen molar-refractivity contribution in [3.8, 4) is 11.3 Å². The number of piperidine rings is 1. The lowest BCUT2D eigenvalue weighted by atomic mass is 9.96. The lowest BCUT2D eigenvalue weighted by molar-refractivity contribution is -0.125. The Morgan fingerprint density at radius 1 is 1.18 bits per heavy atom. The van der Waals surface area contributed by atoms with Gasteiger partial charge in [-0.15, -0.1) is 23.7 Å². The average molecular weight is 486 g/mol. The van der Waals surface area contributed by atoms with E-state index in [1.807, 2.05) is 30.3 Å². The molecule has 1 fully saturated rings. The number of carbonyl (C=O) groups is 1. The van der Waals surface area contributed by atoms with Gasteiger partial charge in [-0.1, -0.05) is 30.3 Å². The molecule has 2 aliphatic rings. The Bertz CT molecular complexity index is 1150. The van der Waals surface area contributed by atoms with Gasteiger partial charge in [-0.25, -0.2) is 4.98 Å². The minimum absolute atomic E-state index is 0. The van der Waals surface area contributed by atoms with Gasteiger partial charge in [0.2, 0.25) is 5.91 Å². The number of carbonyl (C=O) groups excluding carboxylic acids is 1. The van der Waals surface area contributed by atoms with Crippen molar-refractivity contribution in [2.75, 3.05) is 13.1 Å². The molecule has 1 saturated heterocycles. The van der Waals surface area contributed by atoms with Crippen molar-refractivity contribution in [1.82, 2.24) is 19.6 Å². The fourth-order valence-corrected chi connectivity index (χ4v) is 6.25. The zero-order chi connectivity index (χ0) is 22.2. The molecule has 1 atom stereocenters. The third-order valence-corrected chi connectivity index (χ3v) is 7.95. The van der Waals surface area contributed by atoms with Crippen LogP contribution in [0.4, 0.5) is 0 Å². The minimum Gasteiger partial charge on any atom is -0.309 e. The molecule has 0 saturated carbocycles. The Kier molecular flexibility index (Phi) is 7.22. The Hall–Kier alpha value is -2.22. The van der Waals surface area contributed by atoms with Crippen LogP contribution in [-0.2, 0) is 17.6 Å². The van der Waals surface area contributed by atoms with Crippen molar-refractivity contribution in [2.45, 2.75) is 58.4 Å². The highest BCUT2D eigenvalue weighted by Crippen LogP contribution is 2.35. The zero-order valence-corrected chi connectivity index (χ0v) is 20.9. The summed E-state index contributed by atoms with van der Waals surface area (Å²) in [5.74, 6) is 0.0408. The van der Waals surface area contributed by atoms with Crippen molar-refractivity contribution < 1.29 is 4.79 Å². The van der Waals surface area contributed by atoms with E-state index in [2.05, 4.69) is 28.5 Å². The molecule has 1 aliphatic carbocycles. The standard InChI is InChI=1S/C25H31N5OS.ClH/c1-16(2)29-14-8-11-18(15-29)24(31)28-23(26)22-21(17-9-4-3-5-10-17)27-25-30(22)19-12-6-7-13-20(19)32-25;/h3-5,9-10,16,18H,6-8,11-15H2,1-2H3,(H2,26,28,31);1H. The number of thiazole rings is 1. The molecule has 8 heteroatoms. The Morgan fingerprint density at radius 2 is 1.94 bits per heavy atom. The first kappa shape index (κ1) is 23.9. The van der Waals surface area contributed by atoms with Gasteiger partial charge in [-0.05, 0) is 58.9 Å². The lowest BCUT2D eigenvalue weighted by Crippen LogP contribution is -2.47. The molecule has 6 nitrogen and oxygen atoms in total. The van der Waals surface area contributed by atoms with Crippen LogP contribution >= 0.6 is 23.7 Å². The number of hydrogen-bond acceptors (Lipinski definition) is 5. The van der Waals surface area contributed by atoms with Crippen molar-refractivity contribution >= 4 is 40.4 Å². The van der Waals surface area contributed by atoms with Gasteiger partial charge >= 0.3 is 0 Å². The quantitative estimate of drug-likeness (QED) is 0.406. The predicted molar refractivity (Wildman–Crippen MR) is 137 cm³/mol. The van der Waals surface area contributed by atoms with Crippen LogP contribution in [0.1, 0.15) is 55.8 Å². The number of aryl methyl sites for hydroxylation is 2. The number of amidine groups is 1. The largest absolute Gasteiger partial charge is 0.309 e. The van der Waals surface area contributed by atoms with Gasteiger partial charge < -0.3 is 10.2 Å². The summed E-state index contributed by atoms with van der Waals surface area (Å²) in [6.45, 7) is 6.16. The predicted octanol–water partition coefficient (Wildman–Crippen LogP) is 4.93. The highest BCUT2D eigenvalue weighted by atomic mass is 35.5. The first-order valence-electron chi connectivity index (χ1n) is 11.7. The summed E-state index contributed by atoms with van der Waals surface area (Å²) in [6.07, 6.45) is 6.34. The van der Waals surface area contributed by atoms with Crippen LogP contribution < -0.4 is 5.32 Å². The second-order valence-electron chi connectivity index (χ2n) is 9.26. The maximum atomic E-state index is 13.2. The highest BCUT2D eigenvalue weighted by molar-refractivity contribution is 7.17. The van der Waals surface area contributed by atoms with E-state index in [0.717, 1.165) is 67.1 Å². The van der Waals surface area contributed by atoms with Crippen LogP contribution in [0.15, 0.2) is 30.3 Å². The van der Waals surface area contributed by atoms with Gasteiger partial charge in [0.1, 0.15) is 11.4 Å². The Morgan fingerprint density at radius 3 is 2.70 bits per heavy atom. The second-order valence-corrected chi connectivity index (χ2v) is 10.3. The van der Waals surface area contributed by atoms with Crippen molar-refractivity contribution in [3.05, 3.63) is 46.6 Å². The van der Waals surface area contributed by atoms with E-state index < -0.39 is 0 Å². The third-order valence-electron chi connectivity index (χ3n) is 6.81. The Labute approximate surface area is 205 Å². The number of rotatable bonds is 4. The third kappa shape index (κ3) is 4.59. The van der Waals surface area contributed by atoms with Gasteiger partial charge in [0.05, 0.1) is 5.92 Å². The van der Waals surface area contributed by atoms with Crippen LogP contribution in [0.2, 0.25) is 0 Å². The summed E-state index contributed by atoms with van der Waals surface area (Å²) in [7, 11) is 0. The maximum Gasteiger partial charge on any atom is 0.229 e. The molecule has 1 aromatic carbocycles. The molecular weight excluding hydrogens is 454 g/mol. The zero-order valence-electron chi connectivity index (χ0n) is 19.3. The van der Waals surface area contributed by atoms with E-state index in [4.69, 9.17) is 10.4 Å². The first-order valence-corrected chi connectivity index (χ1v) is 12.6. The van der Waals surface area contributed by atoms with E-state index in [9.17, 15) is 4.79 Å². The van der Waals surface area contributed by atoms with Crippen molar-refractivity contribution in [1.29, 1.82) is 5.41 Å². The molecule has 1 aliphatic heterocycles. The molecule has 176 valence electrons. The van der Waals surface area contributed by atoms with Gasteiger partial charge in [0.15, 0.2) is 10.8 Å². The summed E-state index contributed by atoms with van der Waals surface area (Å²) < 4.78 is 2.14. The van der Waals surface area contributed by atoms with Gasteiger partial charge in [0.25, 0.3) is 0 Å². The van der Waals surface area contributed by atoms with Crippen LogP contribution in [-0.4, -0.2) is 45.2 Å². The van der Waals surface area contributed by atoms with Crippen LogP contribution in [0, 0.1) is 11.3 Å². The molecule has 3 aromatic rings. The van der Waals surface area contributed by atoms with E-state index in [0.29, 0.717) is 6.04 Å². The molecule has 1 unspecified atom stereocenters. The molecule has 0 spiro atoms. The van der Waals surface area contributed by atoms with Crippen LogP contribution in [0.25, 0.3) is 16.2 Å². The smallest absolute Gasteiger partial charge is 0.229 e. The maximum absolute atomic E-state index is 13.2. The fraction of sp³-hybridized carbons (Fsp3) is 0.480. The number of halogens is 1. The van der Waals surface area contributed by atoms with E-state index in [-0.39, 0.29) is 30.1 Å². The molecule has 33 heavy (non-hydrogen) atoms. The first-order chi connectivity index (χ1) is 15.5. The number of hydrogen-bond donors (Lipinski definition) is 2. The molecule has 2 N–H and O–H groups in total. The number of likely N-dealkylation sites (tertiary alicyclic amines) is 1. The molecular formula is C25H32ClN5OS. The molecule has 2 aromatic heterocycles. The number of aromatic nitrogens is 2. The summed E-state index contributed by atoms with van der Waals surface area (Å²) in [4.78, 5) is 22.8. The number of imidazole rings is 1. The monoisotopic (exact) mass is 485 g/mol. The van der Waals surface area contributed by atoms with Gasteiger partial charge in [0, 0.05) is 28.7 Å². The number of amides is 1. The normalized spacial score (nSPS) is 18.7. The second kappa shape index (κ2) is 9.95. The summed E-state index contributed by atoms with van der Waals surface area (Å²) in [5, 5.41) is 11.9. The van der Waals surface area contributed by atoms with E-state index in [1.54, 1.807) is 11.3 Å². The summed E-state index contributed by atoms with van der Waals surface area (Å²) in [6, 6.07) is 10.5. The van der Waals surface area contributed by atoms with Gasteiger partial charge in [-0.2, -0.15) is 0 Å². The summed E-state index contributed by atoms with van der Waals surface area (Å²) >= 11 is 1.73. The van der Waals surface area contributed by atoms with E-state index in [1.165, 1.54) is 17.0 Å². The lowest BCUT2D eigenvalue weighted by Gasteiger charge is -2.34. The minimum atomic E-state index is -0.0773.